The molecule has 0 radical (unpaired) electrons. The minimum atomic E-state index is -0.558. The third-order valence-corrected chi connectivity index (χ3v) is 6.42. The molecular formula is C28H23N3O2S. The predicted molar refractivity (Wildman–Crippen MR) is 137 cm³/mol. The Hall–Kier alpha value is -4.21. The van der Waals surface area contributed by atoms with Gasteiger partial charge in [-0.25, -0.2) is 0 Å². The Kier molecular flexibility index (Phi) is 6.86. The number of amides is 1. The molecular weight excluding hydrogens is 442 g/mol. The van der Waals surface area contributed by atoms with Crippen molar-refractivity contribution in [2.24, 2.45) is 0 Å². The zero-order valence-corrected chi connectivity index (χ0v) is 19.7. The summed E-state index contributed by atoms with van der Waals surface area (Å²) in [6, 6.07) is 28.1. The van der Waals surface area contributed by atoms with Gasteiger partial charge in [0.15, 0.2) is 5.57 Å². The van der Waals surface area contributed by atoms with E-state index in [1.807, 2.05) is 78.9 Å². The number of rotatable bonds is 5. The molecule has 0 spiro atoms. The van der Waals surface area contributed by atoms with Crippen molar-refractivity contribution in [3.8, 4) is 11.8 Å². The van der Waals surface area contributed by atoms with Crippen molar-refractivity contribution in [3.63, 3.8) is 0 Å². The highest BCUT2D eigenvalue weighted by Gasteiger charge is 2.17. The molecule has 0 saturated carbocycles. The topological polar surface area (TPSA) is 74.9 Å². The average molecular weight is 466 g/mol. The third kappa shape index (κ3) is 4.90. The van der Waals surface area contributed by atoms with Gasteiger partial charge in [0.25, 0.3) is 11.5 Å². The van der Waals surface area contributed by atoms with E-state index in [1.54, 1.807) is 18.2 Å². The Bertz CT molecular complexity index is 1530. The van der Waals surface area contributed by atoms with Gasteiger partial charge >= 0.3 is 0 Å². The fourth-order valence-electron chi connectivity index (χ4n) is 3.50. The van der Waals surface area contributed by atoms with Crippen LogP contribution in [0.15, 0.2) is 89.7 Å². The smallest absolute Gasteiger partial charge is 0.273 e. The van der Waals surface area contributed by atoms with E-state index < -0.39 is 5.91 Å². The standard InChI is InChI=1S/C28H23N3O2S/c1-19(2)21-13-15-22(16-14-21)30-26(32)24(18-29)28-31(23-11-7-4-8-12-23)27(33)25(34-28)17-20-9-5-3-6-10-20/h3-17,19H,1-2H3,(H,30,32). The highest BCUT2D eigenvalue weighted by molar-refractivity contribution is 7.07. The van der Waals surface area contributed by atoms with Gasteiger partial charge in [-0.1, -0.05) is 74.5 Å². The minimum absolute atomic E-state index is 0.119. The van der Waals surface area contributed by atoms with Crippen LogP contribution in [-0.2, 0) is 4.79 Å². The quantitative estimate of drug-likeness (QED) is 0.481. The first-order valence-electron chi connectivity index (χ1n) is 10.9. The van der Waals surface area contributed by atoms with Crippen LogP contribution in [0.2, 0.25) is 0 Å². The van der Waals surface area contributed by atoms with Crippen LogP contribution < -0.4 is 20.1 Å². The van der Waals surface area contributed by atoms with E-state index in [2.05, 4.69) is 19.2 Å². The average Bonchev–Trinajstić information content (AvgIpc) is 3.16. The van der Waals surface area contributed by atoms with E-state index in [4.69, 9.17) is 0 Å². The molecule has 0 saturated heterocycles. The molecule has 4 aromatic rings. The molecule has 1 heterocycles. The highest BCUT2D eigenvalue weighted by Crippen LogP contribution is 2.17. The van der Waals surface area contributed by atoms with Gasteiger partial charge in [0.2, 0.25) is 0 Å². The molecule has 1 amide bonds. The Morgan fingerprint density at radius 1 is 0.971 bits per heavy atom. The summed E-state index contributed by atoms with van der Waals surface area (Å²) >= 11 is 1.13. The van der Waals surface area contributed by atoms with Crippen molar-refractivity contribution in [1.82, 2.24) is 4.57 Å². The van der Waals surface area contributed by atoms with E-state index >= 15 is 0 Å². The van der Waals surface area contributed by atoms with Gasteiger partial charge < -0.3 is 5.32 Å². The molecule has 34 heavy (non-hydrogen) atoms. The molecule has 6 heteroatoms. The molecule has 0 aliphatic heterocycles. The number of thiazole rings is 1. The number of hydrogen-bond donors (Lipinski definition) is 1. The first-order valence-corrected chi connectivity index (χ1v) is 11.7. The summed E-state index contributed by atoms with van der Waals surface area (Å²) < 4.78 is 2.16. The first-order chi connectivity index (χ1) is 16.5. The summed E-state index contributed by atoms with van der Waals surface area (Å²) in [4.78, 5) is 26.5. The minimum Gasteiger partial charge on any atom is -0.321 e. The van der Waals surface area contributed by atoms with Crippen LogP contribution in [0, 0.1) is 11.3 Å². The molecule has 4 rings (SSSR count). The summed E-state index contributed by atoms with van der Waals surface area (Å²) in [6.45, 7) is 4.19. The predicted octanol–water partition coefficient (Wildman–Crippen LogP) is 4.16. The molecule has 0 fully saturated rings. The first kappa shape index (κ1) is 23.0. The van der Waals surface area contributed by atoms with Crippen LogP contribution in [0.4, 0.5) is 5.69 Å². The van der Waals surface area contributed by atoms with Crippen molar-refractivity contribution in [3.05, 3.63) is 116 Å². The summed E-state index contributed by atoms with van der Waals surface area (Å²) in [7, 11) is 0. The summed E-state index contributed by atoms with van der Waals surface area (Å²) in [6.07, 6.45) is 1.77. The Balaban J connectivity index is 1.87. The van der Waals surface area contributed by atoms with E-state index in [0.717, 1.165) is 22.5 Å². The molecule has 3 aromatic carbocycles. The number of nitrogens with one attached hydrogen (secondary N) is 1. The van der Waals surface area contributed by atoms with E-state index in [1.165, 1.54) is 4.57 Å². The van der Waals surface area contributed by atoms with E-state index in [0.29, 0.717) is 21.8 Å². The van der Waals surface area contributed by atoms with Gasteiger partial charge in [0, 0.05) is 5.69 Å². The highest BCUT2D eigenvalue weighted by atomic mass is 32.1. The largest absolute Gasteiger partial charge is 0.321 e. The molecule has 0 aliphatic carbocycles. The lowest BCUT2D eigenvalue weighted by atomic mass is 10.0. The lowest BCUT2D eigenvalue weighted by Gasteiger charge is -2.08. The Labute approximate surface area is 201 Å². The second kappa shape index (κ2) is 10.2. The van der Waals surface area contributed by atoms with Gasteiger partial charge in [-0.05, 0) is 47.4 Å². The van der Waals surface area contributed by atoms with Crippen LogP contribution >= 0.6 is 11.3 Å². The summed E-state index contributed by atoms with van der Waals surface area (Å²) in [5.74, 6) is -0.186. The molecule has 168 valence electrons. The molecule has 0 unspecified atom stereocenters. The number of carbonyl (C=O) groups is 1. The van der Waals surface area contributed by atoms with Crippen LogP contribution in [0.1, 0.15) is 30.9 Å². The molecule has 1 N–H and O–H groups in total. The number of hydrogen-bond acceptors (Lipinski definition) is 4. The maximum atomic E-state index is 13.4. The molecule has 1 aromatic heterocycles. The van der Waals surface area contributed by atoms with Crippen molar-refractivity contribution in [1.29, 1.82) is 5.26 Å². The number of aromatic nitrogens is 1. The summed E-state index contributed by atoms with van der Waals surface area (Å²) in [5.41, 5.74) is 2.79. The number of nitriles is 1. The zero-order valence-electron chi connectivity index (χ0n) is 18.9. The SMILES string of the molecule is CC(C)c1ccc(NC(=O)C(C#N)=c2sc(=Cc3ccccc3)c(=O)n2-c2ccccc2)cc1. The number of para-hydroxylation sites is 1. The van der Waals surface area contributed by atoms with Gasteiger partial charge in [0.1, 0.15) is 10.7 Å². The van der Waals surface area contributed by atoms with Gasteiger partial charge in [-0.2, -0.15) is 5.26 Å². The van der Waals surface area contributed by atoms with Crippen LogP contribution in [0.25, 0.3) is 17.3 Å². The molecule has 0 bridgehead atoms. The number of nitrogens with zero attached hydrogens (tertiary/aromatic N) is 2. The lowest BCUT2D eigenvalue weighted by Crippen LogP contribution is -2.32. The maximum absolute atomic E-state index is 13.4. The van der Waals surface area contributed by atoms with Gasteiger partial charge in [0.05, 0.1) is 10.2 Å². The second-order valence-electron chi connectivity index (χ2n) is 8.02. The van der Waals surface area contributed by atoms with Gasteiger partial charge in [-0.15, -0.1) is 11.3 Å². The third-order valence-electron chi connectivity index (χ3n) is 5.32. The van der Waals surface area contributed by atoms with Crippen LogP contribution in [-0.4, -0.2) is 10.5 Å². The normalized spacial score (nSPS) is 12.4. The lowest BCUT2D eigenvalue weighted by molar-refractivity contribution is -0.111. The number of benzene rings is 3. The Morgan fingerprint density at radius 3 is 2.18 bits per heavy atom. The van der Waals surface area contributed by atoms with Crippen LogP contribution in [0.5, 0.6) is 0 Å². The number of anilines is 1. The molecule has 5 nitrogen and oxygen atoms in total. The van der Waals surface area contributed by atoms with E-state index in [-0.39, 0.29) is 15.8 Å². The fourth-order valence-corrected chi connectivity index (χ4v) is 4.60. The van der Waals surface area contributed by atoms with Crippen molar-refractivity contribution in [2.75, 3.05) is 5.32 Å². The fraction of sp³-hybridized carbons (Fsp3) is 0.107. The second-order valence-corrected chi connectivity index (χ2v) is 9.05. The zero-order chi connectivity index (χ0) is 24.1. The maximum Gasteiger partial charge on any atom is 0.273 e. The Morgan fingerprint density at radius 2 is 1.59 bits per heavy atom. The van der Waals surface area contributed by atoms with Crippen molar-refractivity contribution < 1.29 is 4.79 Å². The van der Waals surface area contributed by atoms with Gasteiger partial charge in [-0.3, -0.25) is 14.2 Å². The van der Waals surface area contributed by atoms with Crippen molar-refractivity contribution >= 4 is 34.6 Å². The monoisotopic (exact) mass is 465 g/mol. The van der Waals surface area contributed by atoms with E-state index in [9.17, 15) is 14.9 Å². The molecule has 0 atom stereocenters. The summed E-state index contributed by atoms with van der Waals surface area (Å²) in [5, 5.41) is 12.7. The van der Waals surface area contributed by atoms with Crippen LogP contribution in [0.3, 0.4) is 0 Å². The number of carbonyl (C=O) groups excluding carboxylic acids is 1. The van der Waals surface area contributed by atoms with Crippen molar-refractivity contribution in [2.45, 2.75) is 19.8 Å². The molecule has 0 aliphatic rings.